The molecule has 140 valence electrons. The summed E-state index contributed by atoms with van der Waals surface area (Å²) in [5.74, 6) is -0.0608. The van der Waals surface area contributed by atoms with Crippen LogP contribution in [0.1, 0.15) is 72.2 Å². The molecule has 4 rings (SSSR count). The molecule has 6 heteroatoms. The Labute approximate surface area is 163 Å². The molecule has 2 aliphatic rings. The fraction of sp³-hybridized carbons (Fsp3) is 0.381. The van der Waals surface area contributed by atoms with Gasteiger partial charge in [-0.2, -0.15) is 0 Å². The van der Waals surface area contributed by atoms with E-state index >= 15 is 0 Å². The molecule has 0 spiro atoms. The van der Waals surface area contributed by atoms with Gasteiger partial charge in [0.25, 0.3) is 5.91 Å². The number of fused-ring (bicyclic) bond motifs is 2. The predicted octanol–water partition coefficient (Wildman–Crippen LogP) is 4.36. The molecule has 1 aliphatic heterocycles. The van der Waals surface area contributed by atoms with Gasteiger partial charge >= 0.3 is 0 Å². The minimum absolute atomic E-state index is 0.00892. The van der Waals surface area contributed by atoms with E-state index in [-0.39, 0.29) is 23.9 Å². The van der Waals surface area contributed by atoms with E-state index < -0.39 is 0 Å². The van der Waals surface area contributed by atoms with Gasteiger partial charge in [0.1, 0.15) is 0 Å². The van der Waals surface area contributed by atoms with Gasteiger partial charge in [-0.1, -0.05) is 18.5 Å². The van der Waals surface area contributed by atoms with Crippen molar-refractivity contribution in [1.29, 1.82) is 0 Å². The van der Waals surface area contributed by atoms with E-state index in [1.165, 1.54) is 6.92 Å². The van der Waals surface area contributed by atoms with E-state index in [2.05, 4.69) is 17.2 Å². The highest BCUT2D eigenvalue weighted by Crippen LogP contribution is 2.44. The zero-order valence-electron chi connectivity index (χ0n) is 15.5. The van der Waals surface area contributed by atoms with Gasteiger partial charge in [-0.3, -0.25) is 19.5 Å². The summed E-state index contributed by atoms with van der Waals surface area (Å²) in [7, 11) is 0. The summed E-state index contributed by atoms with van der Waals surface area (Å²) in [5, 5.41) is 3.66. The van der Waals surface area contributed by atoms with Gasteiger partial charge in [-0.05, 0) is 60.6 Å². The second kappa shape index (κ2) is 6.97. The highest BCUT2D eigenvalue weighted by Gasteiger charge is 2.39. The lowest BCUT2D eigenvalue weighted by atomic mass is 9.87. The van der Waals surface area contributed by atoms with Crippen molar-refractivity contribution in [2.24, 2.45) is 0 Å². The molecule has 1 N–H and O–H groups in total. The summed E-state index contributed by atoms with van der Waals surface area (Å²) in [6.07, 6.45) is 7.12. The number of nitrogens with zero attached hydrogens (tertiary/aromatic N) is 2. The topological polar surface area (TPSA) is 62.3 Å². The minimum Gasteiger partial charge on any atom is -0.349 e. The second-order valence-corrected chi connectivity index (χ2v) is 7.64. The first-order valence-corrected chi connectivity index (χ1v) is 9.76. The molecule has 1 aromatic carbocycles. The van der Waals surface area contributed by atoms with Crippen LogP contribution < -0.4 is 10.2 Å². The van der Waals surface area contributed by atoms with E-state index in [0.717, 1.165) is 48.1 Å². The van der Waals surface area contributed by atoms with Crippen LogP contribution in [0.5, 0.6) is 0 Å². The summed E-state index contributed by atoms with van der Waals surface area (Å²) >= 11 is 6.19. The van der Waals surface area contributed by atoms with Crippen LogP contribution in [0.25, 0.3) is 0 Å². The van der Waals surface area contributed by atoms with Crippen LogP contribution in [-0.2, 0) is 11.2 Å². The van der Waals surface area contributed by atoms with Crippen molar-refractivity contribution >= 4 is 29.1 Å². The normalized spacial score (nSPS) is 21.0. The molecule has 0 fully saturated rings. The van der Waals surface area contributed by atoms with Crippen molar-refractivity contribution in [3.8, 4) is 0 Å². The molecular weight excluding hydrogens is 362 g/mol. The number of hydrogen-bond acceptors (Lipinski definition) is 3. The molecule has 0 saturated heterocycles. The van der Waals surface area contributed by atoms with E-state index in [1.807, 2.05) is 23.2 Å². The molecule has 2 aromatic rings. The summed E-state index contributed by atoms with van der Waals surface area (Å²) in [4.78, 5) is 31.1. The van der Waals surface area contributed by atoms with Crippen LogP contribution in [0, 0.1) is 0 Å². The van der Waals surface area contributed by atoms with Crippen molar-refractivity contribution in [1.82, 2.24) is 10.3 Å². The smallest absolute Gasteiger partial charge is 0.259 e. The summed E-state index contributed by atoms with van der Waals surface area (Å²) < 4.78 is 0. The molecule has 0 saturated carbocycles. The van der Waals surface area contributed by atoms with E-state index in [9.17, 15) is 9.59 Å². The van der Waals surface area contributed by atoms with Crippen LogP contribution >= 0.6 is 11.6 Å². The number of pyridine rings is 1. The lowest BCUT2D eigenvalue weighted by Crippen LogP contribution is -2.32. The molecule has 0 radical (unpaired) electrons. The van der Waals surface area contributed by atoms with Gasteiger partial charge in [0.05, 0.1) is 24.0 Å². The number of carbonyl (C=O) groups is 2. The Kier molecular flexibility index (Phi) is 4.64. The van der Waals surface area contributed by atoms with E-state index in [1.54, 1.807) is 12.3 Å². The van der Waals surface area contributed by atoms with Crippen molar-refractivity contribution in [3.05, 3.63) is 57.9 Å². The fourth-order valence-electron chi connectivity index (χ4n) is 4.40. The highest BCUT2D eigenvalue weighted by molar-refractivity contribution is 6.31. The zero-order valence-corrected chi connectivity index (χ0v) is 16.2. The van der Waals surface area contributed by atoms with E-state index in [0.29, 0.717) is 10.6 Å². The maximum atomic E-state index is 13.2. The molecule has 27 heavy (non-hydrogen) atoms. The van der Waals surface area contributed by atoms with Crippen LogP contribution in [0.15, 0.2) is 30.6 Å². The molecule has 5 nitrogen and oxygen atoms in total. The Morgan fingerprint density at radius 1 is 1.33 bits per heavy atom. The van der Waals surface area contributed by atoms with Gasteiger partial charge in [0, 0.05) is 23.7 Å². The molecule has 0 bridgehead atoms. The third-order valence-electron chi connectivity index (χ3n) is 5.52. The molecule has 2 atom stereocenters. The molecule has 1 aromatic heterocycles. The maximum Gasteiger partial charge on any atom is 0.259 e. The van der Waals surface area contributed by atoms with Crippen LogP contribution in [-0.4, -0.2) is 16.8 Å². The standard InChI is InChI=1S/C21H22ClN3O2/c1-3-19-16-9-13(22)7-8-15(16)21(27)25(19)20-11-23-10-17-14(20)5-4-6-18(17)24-12(2)26/h7-11,18-19H,3-6H2,1-2H3,(H,24,26). The number of aromatic nitrogens is 1. The third kappa shape index (κ3) is 3.00. The Morgan fingerprint density at radius 2 is 2.15 bits per heavy atom. The van der Waals surface area contributed by atoms with Gasteiger partial charge in [0.15, 0.2) is 0 Å². The summed E-state index contributed by atoms with van der Waals surface area (Å²) in [6, 6.07) is 5.37. The first-order chi connectivity index (χ1) is 13.0. The Balaban J connectivity index is 1.80. The van der Waals surface area contributed by atoms with Crippen molar-refractivity contribution in [2.45, 2.75) is 51.6 Å². The van der Waals surface area contributed by atoms with Gasteiger partial charge in [-0.25, -0.2) is 0 Å². The average molecular weight is 384 g/mol. The van der Waals surface area contributed by atoms with Gasteiger partial charge < -0.3 is 5.32 Å². The lowest BCUT2D eigenvalue weighted by molar-refractivity contribution is -0.119. The molecular formula is C21H22ClN3O2. The number of nitrogens with one attached hydrogen (secondary N) is 1. The first-order valence-electron chi connectivity index (χ1n) is 9.38. The lowest BCUT2D eigenvalue weighted by Gasteiger charge is -2.32. The van der Waals surface area contributed by atoms with Crippen molar-refractivity contribution in [2.75, 3.05) is 4.90 Å². The number of amides is 2. The average Bonchev–Trinajstić information content (AvgIpc) is 2.92. The molecule has 2 unspecified atom stereocenters. The number of anilines is 1. The number of halogens is 1. The number of carbonyl (C=O) groups excluding carboxylic acids is 2. The third-order valence-corrected chi connectivity index (χ3v) is 5.76. The quantitative estimate of drug-likeness (QED) is 0.856. The Hall–Kier alpha value is -2.40. The predicted molar refractivity (Wildman–Crippen MR) is 105 cm³/mol. The number of benzene rings is 1. The van der Waals surface area contributed by atoms with Crippen LogP contribution in [0.3, 0.4) is 0 Å². The van der Waals surface area contributed by atoms with Crippen LogP contribution in [0.4, 0.5) is 5.69 Å². The SMILES string of the molecule is CCC1c2cc(Cl)ccc2C(=O)N1c1cncc2c1CCCC2NC(C)=O. The highest BCUT2D eigenvalue weighted by atomic mass is 35.5. The maximum absolute atomic E-state index is 13.2. The molecule has 1 aliphatic carbocycles. The van der Waals surface area contributed by atoms with Crippen LogP contribution in [0.2, 0.25) is 5.02 Å². The first kappa shape index (κ1) is 18.0. The number of hydrogen-bond donors (Lipinski definition) is 1. The molecule has 2 heterocycles. The van der Waals surface area contributed by atoms with E-state index in [4.69, 9.17) is 11.6 Å². The largest absolute Gasteiger partial charge is 0.349 e. The monoisotopic (exact) mass is 383 g/mol. The Morgan fingerprint density at radius 3 is 2.89 bits per heavy atom. The minimum atomic E-state index is -0.0550. The van der Waals surface area contributed by atoms with Crippen molar-refractivity contribution < 1.29 is 9.59 Å². The summed E-state index contributed by atoms with van der Waals surface area (Å²) in [6.45, 7) is 3.60. The van der Waals surface area contributed by atoms with Crippen molar-refractivity contribution in [3.63, 3.8) is 0 Å². The van der Waals surface area contributed by atoms with Gasteiger partial charge in [0.2, 0.25) is 5.91 Å². The summed E-state index contributed by atoms with van der Waals surface area (Å²) in [5.41, 5.74) is 4.66. The molecule has 2 amide bonds. The second-order valence-electron chi connectivity index (χ2n) is 7.20. The number of rotatable bonds is 3. The van der Waals surface area contributed by atoms with Gasteiger partial charge in [-0.15, -0.1) is 0 Å². The fourth-order valence-corrected chi connectivity index (χ4v) is 4.58. The Bertz CT molecular complexity index is 928. The zero-order chi connectivity index (χ0) is 19.1.